The van der Waals surface area contributed by atoms with Gasteiger partial charge >= 0.3 is 0 Å². The Kier molecular flexibility index (Phi) is 5.87. The van der Waals surface area contributed by atoms with Gasteiger partial charge in [-0.3, -0.25) is 9.59 Å². The molecule has 0 spiro atoms. The van der Waals surface area contributed by atoms with E-state index in [2.05, 4.69) is 11.4 Å². The quantitative estimate of drug-likeness (QED) is 0.434. The molecule has 0 radical (unpaired) electrons. The van der Waals surface area contributed by atoms with Crippen molar-refractivity contribution in [3.8, 4) is 11.5 Å². The van der Waals surface area contributed by atoms with E-state index in [1.807, 2.05) is 11.0 Å². The van der Waals surface area contributed by atoms with Crippen LogP contribution in [-0.4, -0.2) is 47.5 Å². The summed E-state index contributed by atoms with van der Waals surface area (Å²) in [4.78, 5) is 32.1. The first-order chi connectivity index (χ1) is 17.0. The summed E-state index contributed by atoms with van der Waals surface area (Å²) in [5.41, 5.74) is 2.41. The molecule has 2 aromatic carbocycles. The second kappa shape index (κ2) is 9.04. The van der Waals surface area contributed by atoms with Crippen LogP contribution in [0.4, 0.5) is 0 Å². The number of fused-ring (bicyclic) bond motifs is 2. The lowest BCUT2D eigenvalue weighted by Crippen LogP contribution is -2.47. The molecule has 3 heterocycles. The van der Waals surface area contributed by atoms with Gasteiger partial charge in [0.25, 0.3) is 5.91 Å². The second-order valence-electron chi connectivity index (χ2n) is 8.94. The predicted molar refractivity (Wildman–Crippen MR) is 135 cm³/mol. The Hall–Kier alpha value is -2.74. The van der Waals surface area contributed by atoms with Crippen LogP contribution in [0.1, 0.15) is 45.2 Å². The van der Waals surface area contributed by atoms with Crippen molar-refractivity contribution < 1.29 is 19.1 Å². The van der Waals surface area contributed by atoms with Gasteiger partial charge in [-0.15, -0.1) is 11.3 Å². The van der Waals surface area contributed by atoms with Gasteiger partial charge in [-0.2, -0.15) is 0 Å². The molecule has 3 aliphatic rings. The Morgan fingerprint density at radius 1 is 1.03 bits per heavy atom. The molecule has 9 heteroatoms. The summed E-state index contributed by atoms with van der Waals surface area (Å²) in [6.07, 6.45) is 2.56. The van der Waals surface area contributed by atoms with Crippen LogP contribution in [-0.2, 0) is 11.2 Å². The van der Waals surface area contributed by atoms with Gasteiger partial charge in [-0.25, -0.2) is 0 Å². The van der Waals surface area contributed by atoms with E-state index in [0.717, 1.165) is 30.4 Å². The molecule has 1 saturated carbocycles. The fourth-order valence-electron chi connectivity index (χ4n) is 4.83. The molecule has 6 rings (SSSR count). The Labute approximate surface area is 216 Å². The number of amides is 2. The maximum Gasteiger partial charge on any atom is 0.254 e. The monoisotopic (exact) mass is 528 g/mol. The van der Waals surface area contributed by atoms with Crippen molar-refractivity contribution in [2.75, 3.05) is 19.9 Å². The van der Waals surface area contributed by atoms with E-state index < -0.39 is 0 Å². The van der Waals surface area contributed by atoms with E-state index in [-0.39, 0.29) is 37.2 Å². The Morgan fingerprint density at radius 2 is 1.86 bits per heavy atom. The molecule has 2 amide bonds. The van der Waals surface area contributed by atoms with Crippen molar-refractivity contribution in [3.63, 3.8) is 0 Å². The summed E-state index contributed by atoms with van der Waals surface area (Å²) in [5, 5.41) is 3.12. The SMILES string of the molecule is O=C(c1ccc2c(c1)OCO2)N(CC(=O)N1CCc2sccc2C1c1ccc(Cl)cc1Cl)C1CC1. The number of hydrogen-bond acceptors (Lipinski definition) is 5. The fraction of sp³-hybridized carbons (Fsp3) is 0.308. The maximum absolute atomic E-state index is 13.8. The number of thiophene rings is 1. The van der Waals surface area contributed by atoms with E-state index in [1.165, 1.54) is 4.88 Å². The lowest BCUT2D eigenvalue weighted by atomic mass is 9.93. The third-order valence-electron chi connectivity index (χ3n) is 6.72. The molecule has 2 aliphatic heterocycles. The number of rotatable bonds is 5. The van der Waals surface area contributed by atoms with E-state index in [1.54, 1.807) is 46.6 Å². The lowest BCUT2D eigenvalue weighted by molar-refractivity contribution is -0.134. The Morgan fingerprint density at radius 3 is 2.66 bits per heavy atom. The summed E-state index contributed by atoms with van der Waals surface area (Å²) < 4.78 is 10.8. The lowest BCUT2D eigenvalue weighted by Gasteiger charge is -2.38. The van der Waals surface area contributed by atoms with Gasteiger partial charge in [0.2, 0.25) is 12.7 Å². The Balaban J connectivity index is 1.29. The van der Waals surface area contributed by atoms with Gasteiger partial charge in [-0.05, 0) is 72.2 Å². The van der Waals surface area contributed by atoms with Crippen molar-refractivity contribution >= 4 is 46.4 Å². The van der Waals surface area contributed by atoms with Crippen LogP contribution in [0, 0.1) is 0 Å². The molecular weight excluding hydrogens is 507 g/mol. The van der Waals surface area contributed by atoms with Gasteiger partial charge in [0.05, 0.1) is 6.04 Å². The highest BCUT2D eigenvalue weighted by atomic mass is 35.5. The summed E-state index contributed by atoms with van der Waals surface area (Å²) in [6, 6.07) is 12.4. The van der Waals surface area contributed by atoms with Crippen molar-refractivity contribution in [2.24, 2.45) is 0 Å². The summed E-state index contributed by atoms with van der Waals surface area (Å²) >= 11 is 14.4. The molecule has 1 aliphatic carbocycles. The van der Waals surface area contributed by atoms with E-state index in [0.29, 0.717) is 33.7 Å². The number of carbonyl (C=O) groups excluding carboxylic acids is 2. The molecule has 35 heavy (non-hydrogen) atoms. The number of hydrogen-bond donors (Lipinski definition) is 0. The fourth-order valence-corrected chi connectivity index (χ4v) is 6.24. The predicted octanol–water partition coefficient (Wildman–Crippen LogP) is 5.56. The molecule has 1 fully saturated rings. The van der Waals surface area contributed by atoms with Gasteiger partial charge in [0.15, 0.2) is 11.5 Å². The minimum absolute atomic E-state index is 0.0130. The summed E-state index contributed by atoms with van der Waals surface area (Å²) in [7, 11) is 0. The molecule has 1 aromatic heterocycles. The van der Waals surface area contributed by atoms with Crippen LogP contribution in [0.5, 0.6) is 11.5 Å². The first kappa shape index (κ1) is 22.7. The standard InChI is InChI=1S/C26H22Cl2N2O4S/c27-16-2-5-18(20(28)12-16)25-19-8-10-35-23(19)7-9-29(25)24(31)13-30(17-3-4-17)26(32)15-1-6-21-22(11-15)34-14-33-21/h1-2,5-6,8,10-12,17,25H,3-4,7,9,13-14H2. The topological polar surface area (TPSA) is 59.1 Å². The van der Waals surface area contributed by atoms with Crippen LogP contribution in [0.15, 0.2) is 47.8 Å². The molecule has 0 bridgehead atoms. The summed E-state index contributed by atoms with van der Waals surface area (Å²) in [6.45, 7) is 0.720. The van der Waals surface area contributed by atoms with Crippen LogP contribution in [0.2, 0.25) is 10.0 Å². The van der Waals surface area contributed by atoms with Gasteiger partial charge in [-0.1, -0.05) is 29.3 Å². The molecule has 1 atom stereocenters. The van der Waals surface area contributed by atoms with Crippen LogP contribution in [0.25, 0.3) is 0 Å². The first-order valence-electron chi connectivity index (χ1n) is 11.5. The van der Waals surface area contributed by atoms with Crippen molar-refractivity contribution in [1.82, 2.24) is 9.80 Å². The van der Waals surface area contributed by atoms with Crippen LogP contribution < -0.4 is 9.47 Å². The van der Waals surface area contributed by atoms with Gasteiger partial charge < -0.3 is 19.3 Å². The van der Waals surface area contributed by atoms with Crippen LogP contribution >= 0.6 is 34.5 Å². The number of carbonyl (C=O) groups is 2. The third-order valence-corrected chi connectivity index (χ3v) is 8.28. The number of benzene rings is 2. The Bertz CT molecular complexity index is 1320. The number of halogens is 2. The van der Waals surface area contributed by atoms with E-state index in [9.17, 15) is 9.59 Å². The highest BCUT2D eigenvalue weighted by molar-refractivity contribution is 7.10. The maximum atomic E-state index is 13.8. The van der Waals surface area contributed by atoms with Crippen LogP contribution in [0.3, 0.4) is 0 Å². The largest absolute Gasteiger partial charge is 0.454 e. The van der Waals surface area contributed by atoms with Gasteiger partial charge in [0.1, 0.15) is 6.54 Å². The van der Waals surface area contributed by atoms with Crippen molar-refractivity contribution in [2.45, 2.75) is 31.3 Å². The molecule has 0 saturated heterocycles. The average molecular weight is 529 g/mol. The molecule has 180 valence electrons. The molecule has 3 aromatic rings. The van der Waals surface area contributed by atoms with Crippen molar-refractivity contribution in [3.05, 3.63) is 79.5 Å². The number of nitrogens with zero attached hydrogens (tertiary/aromatic N) is 2. The zero-order valence-electron chi connectivity index (χ0n) is 18.7. The number of ether oxygens (including phenoxy) is 2. The molecule has 1 unspecified atom stereocenters. The second-order valence-corrected chi connectivity index (χ2v) is 10.8. The third kappa shape index (κ3) is 4.26. The van der Waals surface area contributed by atoms with E-state index in [4.69, 9.17) is 32.7 Å². The molecule has 6 nitrogen and oxygen atoms in total. The summed E-state index contributed by atoms with van der Waals surface area (Å²) in [5.74, 6) is 0.905. The average Bonchev–Trinajstić information content (AvgIpc) is 3.38. The van der Waals surface area contributed by atoms with Crippen molar-refractivity contribution in [1.29, 1.82) is 0 Å². The molecular formula is C26H22Cl2N2O4S. The van der Waals surface area contributed by atoms with E-state index >= 15 is 0 Å². The first-order valence-corrected chi connectivity index (χ1v) is 13.1. The van der Waals surface area contributed by atoms with Gasteiger partial charge in [0, 0.05) is 33.1 Å². The smallest absolute Gasteiger partial charge is 0.254 e. The molecule has 0 N–H and O–H groups in total. The normalized spacial score (nSPS) is 18.3. The zero-order valence-corrected chi connectivity index (χ0v) is 21.0. The highest BCUT2D eigenvalue weighted by Crippen LogP contribution is 2.41. The minimum Gasteiger partial charge on any atom is -0.454 e. The minimum atomic E-state index is -0.316. The zero-order chi connectivity index (χ0) is 24.1. The highest BCUT2D eigenvalue weighted by Gasteiger charge is 2.39.